The molecule has 0 spiro atoms. The smallest absolute Gasteiger partial charge is 0.322 e. The van der Waals surface area contributed by atoms with E-state index in [0.717, 1.165) is 24.2 Å². The summed E-state index contributed by atoms with van der Waals surface area (Å²) in [6.45, 7) is 4.20. The fourth-order valence-electron chi connectivity index (χ4n) is 1.89. The van der Waals surface area contributed by atoms with E-state index in [9.17, 15) is 4.79 Å². The maximum absolute atomic E-state index is 11.2. The minimum Gasteiger partial charge on any atom is -0.491 e. The summed E-state index contributed by atoms with van der Waals surface area (Å²) in [5, 5.41) is 0. The van der Waals surface area contributed by atoms with Gasteiger partial charge in [-0.3, -0.25) is 4.79 Å². The topological polar surface area (TPSA) is 61.5 Å². The first-order chi connectivity index (χ1) is 9.06. The SMILES string of the molecule is CCCC(C)Oc1ccc(CC(N)C(=O)OC)cc1. The molecule has 1 aromatic carbocycles. The van der Waals surface area contributed by atoms with Crippen LogP contribution >= 0.6 is 0 Å². The third kappa shape index (κ3) is 5.30. The maximum Gasteiger partial charge on any atom is 0.322 e. The first kappa shape index (κ1) is 15.5. The highest BCUT2D eigenvalue weighted by Gasteiger charge is 2.14. The molecule has 4 nitrogen and oxygen atoms in total. The standard InChI is InChI=1S/C15H23NO3/c1-4-5-11(2)19-13-8-6-12(7-9-13)10-14(16)15(17)18-3/h6-9,11,14H,4-5,10,16H2,1-3H3. The molecule has 0 aliphatic carbocycles. The van der Waals surface area contributed by atoms with Crippen molar-refractivity contribution in [2.45, 2.75) is 45.3 Å². The molecule has 1 aromatic rings. The number of nitrogens with two attached hydrogens (primary N) is 1. The molecule has 0 fully saturated rings. The van der Waals surface area contributed by atoms with Crippen LogP contribution in [-0.2, 0) is 16.0 Å². The highest BCUT2D eigenvalue weighted by molar-refractivity contribution is 5.75. The monoisotopic (exact) mass is 265 g/mol. The fraction of sp³-hybridized carbons (Fsp3) is 0.533. The number of rotatable bonds is 7. The molecule has 0 saturated heterocycles. The minimum atomic E-state index is -0.615. The molecule has 1 rings (SSSR count). The summed E-state index contributed by atoms with van der Waals surface area (Å²) in [6, 6.07) is 7.06. The first-order valence-electron chi connectivity index (χ1n) is 6.65. The Bertz CT molecular complexity index is 389. The van der Waals surface area contributed by atoms with Gasteiger partial charge in [0, 0.05) is 0 Å². The van der Waals surface area contributed by atoms with Crippen LogP contribution in [0.25, 0.3) is 0 Å². The van der Waals surface area contributed by atoms with Crippen molar-refractivity contribution in [3.63, 3.8) is 0 Å². The molecule has 2 N–H and O–H groups in total. The highest BCUT2D eigenvalue weighted by atomic mass is 16.5. The number of methoxy groups -OCH3 is 1. The number of carbonyl (C=O) groups is 1. The molecule has 0 saturated carbocycles. The van der Waals surface area contributed by atoms with Gasteiger partial charge in [0.05, 0.1) is 13.2 Å². The Kier molecular flexibility index (Phi) is 6.36. The Labute approximate surface area is 114 Å². The second-order valence-electron chi connectivity index (χ2n) is 4.69. The van der Waals surface area contributed by atoms with E-state index in [1.165, 1.54) is 7.11 Å². The molecular weight excluding hydrogens is 242 g/mol. The lowest BCUT2D eigenvalue weighted by Crippen LogP contribution is -2.33. The van der Waals surface area contributed by atoms with Gasteiger partial charge in [-0.1, -0.05) is 25.5 Å². The number of ether oxygens (including phenoxy) is 2. The number of hydrogen-bond donors (Lipinski definition) is 1. The normalized spacial score (nSPS) is 13.7. The van der Waals surface area contributed by atoms with Gasteiger partial charge in [-0.15, -0.1) is 0 Å². The molecule has 0 aromatic heterocycles. The van der Waals surface area contributed by atoms with Crippen LogP contribution in [0.15, 0.2) is 24.3 Å². The van der Waals surface area contributed by atoms with Crippen LogP contribution in [0.2, 0.25) is 0 Å². The molecule has 4 heteroatoms. The second-order valence-corrected chi connectivity index (χ2v) is 4.69. The number of carbonyl (C=O) groups excluding carboxylic acids is 1. The first-order valence-corrected chi connectivity index (χ1v) is 6.65. The lowest BCUT2D eigenvalue weighted by Gasteiger charge is -2.14. The Morgan fingerprint density at radius 2 is 1.95 bits per heavy atom. The van der Waals surface area contributed by atoms with Crippen LogP contribution in [0.4, 0.5) is 0 Å². The summed E-state index contributed by atoms with van der Waals surface area (Å²) in [5.74, 6) is 0.452. The summed E-state index contributed by atoms with van der Waals surface area (Å²) in [4.78, 5) is 11.2. The number of esters is 1. The van der Waals surface area contributed by atoms with E-state index >= 15 is 0 Å². The molecule has 0 amide bonds. The van der Waals surface area contributed by atoms with E-state index < -0.39 is 12.0 Å². The zero-order chi connectivity index (χ0) is 14.3. The molecule has 0 heterocycles. The van der Waals surface area contributed by atoms with Gasteiger partial charge in [-0.25, -0.2) is 0 Å². The largest absolute Gasteiger partial charge is 0.491 e. The van der Waals surface area contributed by atoms with Crippen molar-refractivity contribution in [1.29, 1.82) is 0 Å². The Balaban J connectivity index is 2.54. The second kappa shape index (κ2) is 7.79. The zero-order valence-electron chi connectivity index (χ0n) is 11.9. The fourth-order valence-corrected chi connectivity index (χ4v) is 1.89. The van der Waals surface area contributed by atoms with Gasteiger partial charge in [0.15, 0.2) is 0 Å². The third-order valence-corrected chi connectivity index (χ3v) is 2.92. The molecule has 106 valence electrons. The van der Waals surface area contributed by atoms with Crippen molar-refractivity contribution in [3.05, 3.63) is 29.8 Å². The van der Waals surface area contributed by atoms with E-state index in [1.54, 1.807) is 0 Å². The third-order valence-electron chi connectivity index (χ3n) is 2.92. The van der Waals surface area contributed by atoms with Crippen LogP contribution in [0, 0.1) is 0 Å². The van der Waals surface area contributed by atoms with Crippen molar-refractivity contribution in [2.75, 3.05) is 7.11 Å². The molecular formula is C15H23NO3. The van der Waals surface area contributed by atoms with Crippen molar-refractivity contribution < 1.29 is 14.3 Å². The average molecular weight is 265 g/mol. The highest BCUT2D eigenvalue weighted by Crippen LogP contribution is 2.16. The van der Waals surface area contributed by atoms with Gasteiger partial charge in [0.2, 0.25) is 0 Å². The molecule has 19 heavy (non-hydrogen) atoms. The Morgan fingerprint density at radius 3 is 2.47 bits per heavy atom. The summed E-state index contributed by atoms with van der Waals surface area (Å²) < 4.78 is 10.4. The summed E-state index contributed by atoms with van der Waals surface area (Å²) in [6.07, 6.45) is 2.83. The van der Waals surface area contributed by atoms with E-state index in [1.807, 2.05) is 24.3 Å². The van der Waals surface area contributed by atoms with E-state index in [4.69, 9.17) is 10.5 Å². The van der Waals surface area contributed by atoms with Crippen molar-refractivity contribution in [1.82, 2.24) is 0 Å². The molecule has 2 atom stereocenters. The van der Waals surface area contributed by atoms with Crippen LogP contribution < -0.4 is 10.5 Å². The van der Waals surface area contributed by atoms with Crippen LogP contribution in [0.1, 0.15) is 32.3 Å². The van der Waals surface area contributed by atoms with Gasteiger partial charge >= 0.3 is 5.97 Å². The average Bonchev–Trinajstić information content (AvgIpc) is 2.40. The quantitative estimate of drug-likeness (QED) is 0.768. The molecule has 0 bridgehead atoms. The minimum absolute atomic E-state index is 0.216. The summed E-state index contributed by atoms with van der Waals surface area (Å²) >= 11 is 0. The molecule has 0 aliphatic rings. The Morgan fingerprint density at radius 1 is 1.32 bits per heavy atom. The summed E-state index contributed by atoms with van der Waals surface area (Å²) in [5.41, 5.74) is 6.71. The van der Waals surface area contributed by atoms with Crippen molar-refractivity contribution >= 4 is 5.97 Å². The number of benzene rings is 1. The van der Waals surface area contributed by atoms with Gasteiger partial charge < -0.3 is 15.2 Å². The van der Waals surface area contributed by atoms with Crippen molar-refractivity contribution in [3.8, 4) is 5.75 Å². The van der Waals surface area contributed by atoms with Gasteiger partial charge in [-0.2, -0.15) is 0 Å². The molecule has 2 unspecified atom stereocenters. The maximum atomic E-state index is 11.2. The predicted octanol–water partition coefficient (Wildman–Crippen LogP) is 2.30. The summed E-state index contributed by atoms with van der Waals surface area (Å²) in [7, 11) is 1.34. The van der Waals surface area contributed by atoms with Crippen molar-refractivity contribution in [2.24, 2.45) is 5.73 Å². The van der Waals surface area contributed by atoms with E-state index in [-0.39, 0.29) is 6.10 Å². The van der Waals surface area contributed by atoms with Gasteiger partial charge in [-0.05, 0) is 37.5 Å². The molecule has 0 aliphatic heterocycles. The Hall–Kier alpha value is -1.55. The van der Waals surface area contributed by atoms with Crippen LogP contribution in [0.5, 0.6) is 5.75 Å². The molecule has 0 radical (unpaired) electrons. The van der Waals surface area contributed by atoms with Gasteiger partial charge in [0.25, 0.3) is 0 Å². The van der Waals surface area contributed by atoms with Crippen LogP contribution in [0.3, 0.4) is 0 Å². The van der Waals surface area contributed by atoms with Gasteiger partial charge in [0.1, 0.15) is 11.8 Å². The zero-order valence-corrected chi connectivity index (χ0v) is 11.9. The van der Waals surface area contributed by atoms with Crippen LogP contribution in [-0.4, -0.2) is 25.2 Å². The lowest BCUT2D eigenvalue weighted by molar-refractivity contribution is -0.142. The number of hydrogen-bond acceptors (Lipinski definition) is 4. The lowest BCUT2D eigenvalue weighted by atomic mass is 10.1. The predicted molar refractivity (Wildman–Crippen MR) is 75.1 cm³/mol. The van der Waals surface area contributed by atoms with E-state index in [2.05, 4.69) is 18.6 Å². The van der Waals surface area contributed by atoms with E-state index in [0.29, 0.717) is 6.42 Å².